The molecule has 0 radical (unpaired) electrons. The molecule has 0 unspecified atom stereocenters. The molecule has 1 heterocycles. The van der Waals surface area contributed by atoms with E-state index < -0.39 is 0 Å². The van der Waals surface area contributed by atoms with Crippen LogP contribution >= 0.6 is 12.2 Å². The molecule has 0 fully saturated rings. The van der Waals surface area contributed by atoms with Crippen molar-refractivity contribution in [1.29, 1.82) is 0 Å². The molecule has 0 saturated carbocycles. The molecule has 0 aliphatic carbocycles. The fourth-order valence-corrected chi connectivity index (χ4v) is 1.67. The predicted octanol–water partition coefficient (Wildman–Crippen LogP) is 3.12. The summed E-state index contributed by atoms with van der Waals surface area (Å²) in [5.74, 6) is 1.51. The van der Waals surface area contributed by atoms with E-state index in [1.54, 1.807) is 18.3 Å². The summed E-state index contributed by atoms with van der Waals surface area (Å²) in [4.78, 5) is 4.34. The Hall–Kier alpha value is -1.94. The fraction of sp³-hybridized carbons (Fsp3) is 0.143. The van der Waals surface area contributed by atoms with Gasteiger partial charge in [0.05, 0.1) is 0 Å². The lowest BCUT2D eigenvalue weighted by atomic mass is 10.1. The van der Waals surface area contributed by atoms with Crippen LogP contribution in [0.1, 0.15) is 16.8 Å². The van der Waals surface area contributed by atoms with Crippen LogP contribution in [-0.4, -0.2) is 9.97 Å². The van der Waals surface area contributed by atoms with Crippen molar-refractivity contribution in [2.75, 3.05) is 0 Å². The van der Waals surface area contributed by atoms with E-state index in [-0.39, 0.29) is 4.99 Å². The van der Waals surface area contributed by atoms with Crippen molar-refractivity contribution < 1.29 is 4.74 Å². The van der Waals surface area contributed by atoms with E-state index in [1.807, 2.05) is 26.0 Å². The molecular weight excluding hydrogens is 244 g/mol. The van der Waals surface area contributed by atoms with Gasteiger partial charge in [-0.3, -0.25) is 4.98 Å². The maximum atomic E-state index is 5.83. The first-order valence-electron chi connectivity index (χ1n) is 5.57. The zero-order valence-corrected chi connectivity index (χ0v) is 11.1. The molecule has 3 nitrogen and oxygen atoms in total. The van der Waals surface area contributed by atoms with Gasteiger partial charge in [-0.25, -0.2) is 0 Å². The Balaban J connectivity index is 2.31. The number of aromatic nitrogens is 1. The SMILES string of the molecule is Cc1ccc(C)c(Oc2ccnc(C(N)=S)c2)c1. The molecule has 0 atom stereocenters. The Morgan fingerprint density at radius 1 is 1.22 bits per heavy atom. The van der Waals surface area contributed by atoms with Gasteiger partial charge < -0.3 is 10.5 Å². The molecule has 92 valence electrons. The molecule has 18 heavy (non-hydrogen) atoms. The summed E-state index contributed by atoms with van der Waals surface area (Å²) in [6, 6.07) is 9.60. The standard InChI is InChI=1S/C14H14N2OS/c1-9-3-4-10(2)13(7-9)17-11-5-6-16-12(8-11)14(15)18/h3-8H,1-2H3,(H2,15,18). The van der Waals surface area contributed by atoms with Crippen molar-refractivity contribution in [3.05, 3.63) is 53.3 Å². The van der Waals surface area contributed by atoms with Gasteiger partial charge >= 0.3 is 0 Å². The minimum absolute atomic E-state index is 0.265. The van der Waals surface area contributed by atoms with E-state index in [9.17, 15) is 0 Å². The predicted molar refractivity (Wildman–Crippen MR) is 76.1 cm³/mol. The van der Waals surface area contributed by atoms with Crippen molar-refractivity contribution in [1.82, 2.24) is 4.98 Å². The molecule has 0 saturated heterocycles. The molecule has 0 amide bonds. The lowest BCUT2D eigenvalue weighted by Gasteiger charge is -2.10. The number of pyridine rings is 1. The van der Waals surface area contributed by atoms with E-state index in [0.717, 1.165) is 16.9 Å². The molecule has 4 heteroatoms. The summed E-state index contributed by atoms with van der Waals surface area (Å²) in [7, 11) is 0. The van der Waals surface area contributed by atoms with Crippen molar-refractivity contribution in [3.63, 3.8) is 0 Å². The van der Waals surface area contributed by atoms with Crippen molar-refractivity contribution >= 4 is 17.2 Å². The number of rotatable bonds is 3. The van der Waals surface area contributed by atoms with Crippen LogP contribution in [-0.2, 0) is 0 Å². The number of benzene rings is 1. The minimum Gasteiger partial charge on any atom is -0.457 e. The fourth-order valence-electron chi connectivity index (χ4n) is 1.55. The first-order valence-corrected chi connectivity index (χ1v) is 5.98. The Kier molecular flexibility index (Phi) is 3.58. The second-order valence-electron chi connectivity index (χ2n) is 4.11. The third-order valence-corrected chi connectivity index (χ3v) is 2.76. The van der Waals surface area contributed by atoms with Gasteiger partial charge in [0.1, 0.15) is 22.2 Å². The van der Waals surface area contributed by atoms with Crippen molar-refractivity contribution in [2.45, 2.75) is 13.8 Å². The molecule has 1 aromatic carbocycles. The quantitative estimate of drug-likeness (QED) is 0.859. The van der Waals surface area contributed by atoms with Gasteiger partial charge in [0.2, 0.25) is 0 Å². The molecule has 2 rings (SSSR count). The highest BCUT2D eigenvalue weighted by Crippen LogP contribution is 2.25. The highest BCUT2D eigenvalue weighted by atomic mass is 32.1. The van der Waals surface area contributed by atoms with E-state index in [2.05, 4.69) is 11.1 Å². The van der Waals surface area contributed by atoms with Crippen LogP contribution in [0.2, 0.25) is 0 Å². The second kappa shape index (κ2) is 5.14. The molecule has 0 bridgehead atoms. The summed E-state index contributed by atoms with van der Waals surface area (Å²) in [6.45, 7) is 4.03. The Morgan fingerprint density at radius 2 is 2.00 bits per heavy atom. The average molecular weight is 258 g/mol. The van der Waals surface area contributed by atoms with Crippen LogP contribution in [0.25, 0.3) is 0 Å². The Morgan fingerprint density at radius 3 is 2.72 bits per heavy atom. The number of nitrogens with two attached hydrogens (primary N) is 1. The first kappa shape index (κ1) is 12.5. The van der Waals surface area contributed by atoms with Gasteiger partial charge in [-0.1, -0.05) is 24.4 Å². The third kappa shape index (κ3) is 2.84. The largest absolute Gasteiger partial charge is 0.457 e. The molecule has 2 aromatic rings. The summed E-state index contributed by atoms with van der Waals surface area (Å²) >= 11 is 4.89. The zero-order chi connectivity index (χ0) is 13.1. The lowest BCUT2D eigenvalue weighted by molar-refractivity contribution is 0.477. The summed E-state index contributed by atoms with van der Waals surface area (Å²) < 4.78 is 5.83. The van der Waals surface area contributed by atoms with Gasteiger partial charge in [-0.15, -0.1) is 0 Å². The number of hydrogen-bond acceptors (Lipinski definition) is 3. The maximum Gasteiger partial charge on any atom is 0.131 e. The van der Waals surface area contributed by atoms with E-state index in [0.29, 0.717) is 11.4 Å². The van der Waals surface area contributed by atoms with Crippen molar-refractivity contribution in [3.8, 4) is 11.5 Å². The highest BCUT2D eigenvalue weighted by molar-refractivity contribution is 7.80. The van der Waals surface area contributed by atoms with Crippen LogP contribution in [0.4, 0.5) is 0 Å². The van der Waals surface area contributed by atoms with Gasteiger partial charge in [0.15, 0.2) is 0 Å². The van der Waals surface area contributed by atoms with Gasteiger partial charge in [-0.05, 0) is 37.1 Å². The number of thiocarbonyl (C=S) groups is 1. The summed E-state index contributed by atoms with van der Waals surface area (Å²) in [6.07, 6.45) is 1.63. The summed E-state index contributed by atoms with van der Waals surface area (Å²) in [5, 5.41) is 0. The monoisotopic (exact) mass is 258 g/mol. The Labute approximate surface area is 112 Å². The van der Waals surface area contributed by atoms with Crippen molar-refractivity contribution in [2.24, 2.45) is 5.73 Å². The third-order valence-electron chi connectivity index (χ3n) is 2.56. The topological polar surface area (TPSA) is 48.1 Å². The number of ether oxygens (including phenoxy) is 1. The molecule has 0 aliphatic rings. The average Bonchev–Trinajstić information content (AvgIpc) is 2.34. The van der Waals surface area contributed by atoms with E-state index >= 15 is 0 Å². The zero-order valence-electron chi connectivity index (χ0n) is 10.3. The number of hydrogen-bond donors (Lipinski definition) is 1. The van der Waals surface area contributed by atoms with Crippen LogP contribution in [0.5, 0.6) is 11.5 Å². The summed E-state index contributed by atoms with van der Waals surface area (Å²) in [5.41, 5.74) is 8.34. The molecule has 0 spiro atoms. The number of aryl methyl sites for hydroxylation is 2. The molecule has 1 aromatic heterocycles. The molecule has 2 N–H and O–H groups in total. The van der Waals surface area contributed by atoms with Crippen LogP contribution < -0.4 is 10.5 Å². The normalized spacial score (nSPS) is 10.1. The Bertz CT molecular complexity index is 596. The lowest BCUT2D eigenvalue weighted by Crippen LogP contribution is -2.11. The van der Waals surface area contributed by atoms with Gasteiger partial charge in [0.25, 0.3) is 0 Å². The second-order valence-corrected chi connectivity index (χ2v) is 4.55. The van der Waals surface area contributed by atoms with Gasteiger partial charge in [-0.2, -0.15) is 0 Å². The first-order chi connectivity index (χ1) is 8.56. The number of nitrogens with zero attached hydrogens (tertiary/aromatic N) is 1. The minimum atomic E-state index is 0.265. The van der Waals surface area contributed by atoms with Crippen LogP contribution in [0, 0.1) is 13.8 Å². The smallest absolute Gasteiger partial charge is 0.131 e. The van der Waals surface area contributed by atoms with Crippen LogP contribution in [0.3, 0.4) is 0 Å². The maximum absolute atomic E-state index is 5.83. The van der Waals surface area contributed by atoms with Crippen LogP contribution in [0.15, 0.2) is 36.5 Å². The van der Waals surface area contributed by atoms with E-state index in [4.69, 9.17) is 22.7 Å². The molecular formula is C14H14N2OS. The molecule has 0 aliphatic heterocycles. The van der Waals surface area contributed by atoms with E-state index in [1.165, 1.54) is 0 Å². The van der Waals surface area contributed by atoms with Gasteiger partial charge in [0, 0.05) is 12.3 Å². The highest BCUT2D eigenvalue weighted by Gasteiger charge is 2.04.